The van der Waals surface area contributed by atoms with Crippen molar-refractivity contribution in [3.8, 4) is 0 Å². The molecule has 0 saturated carbocycles. The summed E-state index contributed by atoms with van der Waals surface area (Å²) in [6.07, 6.45) is 2.14. The van der Waals surface area contributed by atoms with E-state index in [0.29, 0.717) is 11.1 Å². The fraction of sp³-hybridized carbons (Fsp3) is 0.150. The Morgan fingerprint density at radius 3 is 2.64 bits per heavy atom. The van der Waals surface area contributed by atoms with Crippen molar-refractivity contribution in [3.63, 3.8) is 0 Å². The first-order chi connectivity index (χ1) is 13.5. The first-order valence-corrected chi connectivity index (χ1v) is 8.65. The van der Waals surface area contributed by atoms with E-state index in [1.807, 2.05) is 25.1 Å². The lowest BCUT2D eigenvalue weighted by molar-refractivity contribution is -0.384. The van der Waals surface area contributed by atoms with Crippen LogP contribution in [0.15, 0.2) is 62.8 Å². The minimum absolute atomic E-state index is 0.129. The van der Waals surface area contributed by atoms with Crippen LogP contribution in [0.5, 0.6) is 0 Å². The second kappa shape index (κ2) is 6.73. The Morgan fingerprint density at radius 1 is 1.11 bits per heavy atom. The Balaban J connectivity index is 1.83. The lowest BCUT2D eigenvalue weighted by atomic mass is 10.1. The summed E-state index contributed by atoms with van der Waals surface area (Å²) in [7, 11) is 0. The van der Waals surface area contributed by atoms with Crippen molar-refractivity contribution in [2.24, 2.45) is 0 Å². The van der Waals surface area contributed by atoms with Gasteiger partial charge in [-0.1, -0.05) is 19.1 Å². The Bertz CT molecular complexity index is 1350. The highest BCUT2D eigenvalue weighted by Crippen LogP contribution is 2.20. The molecule has 0 radical (unpaired) electrons. The SMILES string of the molecule is CCc1ccc2c(Cn3cnc4cc([N+](=O)[O-])ccc4c3=O)cc(=O)oc2c1. The maximum atomic E-state index is 12.8. The van der Waals surface area contributed by atoms with Gasteiger partial charge >= 0.3 is 5.63 Å². The van der Waals surface area contributed by atoms with Crippen LogP contribution in [0.4, 0.5) is 5.69 Å². The largest absolute Gasteiger partial charge is 0.423 e. The van der Waals surface area contributed by atoms with Gasteiger partial charge < -0.3 is 4.42 Å². The number of hydrogen-bond acceptors (Lipinski definition) is 6. The molecule has 0 saturated heterocycles. The van der Waals surface area contributed by atoms with Crippen LogP contribution in [0.2, 0.25) is 0 Å². The second-order valence-corrected chi connectivity index (χ2v) is 6.41. The Kier molecular flexibility index (Phi) is 4.23. The van der Waals surface area contributed by atoms with Gasteiger partial charge in [-0.15, -0.1) is 0 Å². The van der Waals surface area contributed by atoms with Gasteiger partial charge in [-0.2, -0.15) is 0 Å². The molecule has 0 aliphatic heterocycles. The summed E-state index contributed by atoms with van der Waals surface area (Å²) in [5.41, 5.74) is 1.44. The molecule has 8 nitrogen and oxygen atoms in total. The molecule has 0 N–H and O–H groups in total. The fourth-order valence-electron chi connectivity index (χ4n) is 3.18. The number of nitro benzene ring substituents is 1. The number of benzene rings is 2. The highest BCUT2D eigenvalue weighted by Gasteiger charge is 2.12. The Labute approximate surface area is 157 Å². The van der Waals surface area contributed by atoms with E-state index in [9.17, 15) is 19.7 Å². The monoisotopic (exact) mass is 377 g/mol. The summed E-state index contributed by atoms with van der Waals surface area (Å²) in [4.78, 5) is 39.3. The Morgan fingerprint density at radius 2 is 1.89 bits per heavy atom. The van der Waals surface area contributed by atoms with E-state index in [2.05, 4.69) is 4.98 Å². The molecule has 0 fully saturated rings. The van der Waals surface area contributed by atoms with Crippen LogP contribution < -0.4 is 11.2 Å². The van der Waals surface area contributed by atoms with Crippen LogP contribution in [-0.4, -0.2) is 14.5 Å². The highest BCUT2D eigenvalue weighted by molar-refractivity contribution is 5.81. The molecule has 2 aromatic heterocycles. The van der Waals surface area contributed by atoms with Gasteiger partial charge in [-0.3, -0.25) is 19.5 Å². The van der Waals surface area contributed by atoms with Crippen molar-refractivity contribution >= 4 is 27.6 Å². The molecule has 28 heavy (non-hydrogen) atoms. The number of non-ortho nitro benzene ring substituents is 1. The van der Waals surface area contributed by atoms with Gasteiger partial charge in [0.1, 0.15) is 5.58 Å². The fourth-order valence-corrected chi connectivity index (χ4v) is 3.18. The van der Waals surface area contributed by atoms with Crippen molar-refractivity contribution in [1.82, 2.24) is 9.55 Å². The number of nitrogens with zero attached hydrogens (tertiary/aromatic N) is 3. The average molecular weight is 377 g/mol. The summed E-state index contributed by atoms with van der Waals surface area (Å²) >= 11 is 0. The lowest BCUT2D eigenvalue weighted by Crippen LogP contribution is -2.22. The van der Waals surface area contributed by atoms with Crippen LogP contribution in [0, 0.1) is 10.1 Å². The van der Waals surface area contributed by atoms with Gasteiger partial charge in [-0.25, -0.2) is 9.78 Å². The van der Waals surface area contributed by atoms with Crippen LogP contribution >= 0.6 is 0 Å². The molecular formula is C20H15N3O5. The molecule has 2 aromatic carbocycles. The molecular weight excluding hydrogens is 362 g/mol. The number of aryl methyl sites for hydroxylation is 1. The van der Waals surface area contributed by atoms with Crippen molar-refractivity contribution in [2.75, 3.05) is 0 Å². The quantitative estimate of drug-likeness (QED) is 0.307. The van der Waals surface area contributed by atoms with Gasteiger partial charge in [0, 0.05) is 23.6 Å². The zero-order valence-corrected chi connectivity index (χ0v) is 14.9. The van der Waals surface area contributed by atoms with Crippen LogP contribution in [0.3, 0.4) is 0 Å². The van der Waals surface area contributed by atoms with Crippen molar-refractivity contribution in [1.29, 1.82) is 0 Å². The van der Waals surface area contributed by atoms with Gasteiger partial charge in [0.05, 0.1) is 28.7 Å². The molecule has 140 valence electrons. The summed E-state index contributed by atoms with van der Waals surface area (Å²) in [5.74, 6) is 0. The van der Waals surface area contributed by atoms with E-state index >= 15 is 0 Å². The van der Waals surface area contributed by atoms with Crippen molar-refractivity contribution in [3.05, 3.63) is 90.8 Å². The van der Waals surface area contributed by atoms with Gasteiger partial charge in [0.25, 0.3) is 11.2 Å². The lowest BCUT2D eigenvalue weighted by Gasteiger charge is -2.09. The van der Waals surface area contributed by atoms with Crippen molar-refractivity contribution in [2.45, 2.75) is 19.9 Å². The van der Waals surface area contributed by atoms with Gasteiger partial charge in [0.2, 0.25) is 0 Å². The zero-order valence-electron chi connectivity index (χ0n) is 14.9. The Hall–Kier alpha value is -3.81. The first-order valence-electron chi connectivity index (χ1n) is 8.65. The van der Waals surface area contributed by atoms with E-state index in [4.69, 9.17) is 4.42 Å². The van der Waals surface area contributed by atoms with E-state index in [-0.39, 0.29) is 28.7 Å². The predicted molar refractivity (Wildman–Crippen MR) is 104 cm³/mol. The van der Waals surface area contributed by atoms with Crippen LogP contribution in [0.1, 0.15) is 18.1 Å². The maximum absolute atomic E-state index is 12.8. The normalized spacial score (nSPS) is 11.2. The summed E-state index contributed by atoms with van der Waals surface area (Å²) in [5, 5.41) is 11.9. The third-order valence-electron chi connectivity index (χ3n) is 4.66. The number of nitro groups is 1. The minimum atomic E-state index is -0.535. The number of hydrogen-bond donors (Lipinski definition) is 0. The molecule has 0 amide bonds. The van der Waals surface area contributed by atoms with E-state index in [1.54, 1.807) is 0 Å². The van der Waals surface area contributed by atoms with E-state index in [1.165, 1.54) is 35.2 Å². The molecule has 0 atom stereocenters. The zero-order chi connectivity index (χ0) is 19.8. The summed E-state index contributed by atoms with van der Waals surface area (Å²) in [6.45, 7) is 2.14. The van der Waals surface area contributed by atoms with Gasteiger partial charge in [-0.05, 0) is 29.7 Å². The molecule has 0 bridgehead atoms. The third-order valence-corrected chi connectivity index (χ3v) is 4.66. The number of fused-ring (bicyclic) bond motifs is 2. The standard InChI is InChI=1S/C20H15N3O5/c1-2-12-3-5-15-13(8-19(24)28-18(15)7-12)10-22-11-21-17-9-14(23(26)27)4-6-16(17)20(22)25/h3-9,11H,2,10H2,1H3. The molecule has 4 aromatic rings. The average Bonchev–Trinajstić information content (AvgIpc) is 2.69. The second-order valence-electron chi connectivity index (χ2n) is 6.41. The molecule has 8 heteroatoms. The highest BCUT2D eigenvalue weighted by atomic mass is 16.6. The topological polar surface area (TPSA) is 108 Å². The number of rotatable bonds is 4. The van der Waals surface area contributed by atoms with E-state index in [0.717, 1.165) is 17.4 Å². The minimum Gasteiger partial charge on any atom is -0.423 e. The molecule has 0 aliphatic rings. The third kappa shape index (κ3) is 3.05. The smallest absolute Gasteiger partial charge is 0.336 e. The number of aromatic nitrogens is 2. The molecule has 2 heterocycles. The molecule has 0 spiro atoms. The van der Waals surface area contributed by atoms with Crippen LogP contribution in [-0.2, 0) is 13.0 Å². The van der Waals surface area contributed by atoms with Crippen molar-refractivity contribution < 1.29 is 9.34 Å². The van der Waals surface area contributed by atoms with E-state index < -0.39 is 10.5 Å². The summed E-state index contributed by atoms with van der Waals surface area (Å²) < 4.78 is 6.67. The molecule has 0 aliphatic carbocycles. The molecule has 4 rings (SSSR count). The predicted octanol–water partition coefficient (Wildman–Crippen LogP) is 3.02. The summed E-state index contributed by atoms with van der Waals surface area (Å²) in [6, 6.07) is 10.9. The van der Waals surface area contributed by atoms with Gasteiger partial charge in [0.15, 0.2) is 0 Å². The first kappa shape index (κ1) is 17.6. The maximum Gasteiger partial charge on any atom is 0.336 e. The van der Waals surface area contributed by atoms with Crippen LogP contribution in [0.25, 0.3) is 21.9 Å². The molecule has 0 unspecified atom stereocenters.